The lowest BCUT2D eigenvalue weighted by atomic mass is 9.92. The Morgan fingerprint density at radius 3 is 2.56 bits per heavy atom. The number of aromatic nitrogens is 3. The summed E-state index contributed by atoms with van der Waals surface area (Å²) < 4.78 is 19.4. The van der Waals surface area contributed by atoms with Gasteiger partial charge in [-0.3, -0.25) is 0 Å². The van der Waals surface area contributed by atoms with Crippen LogP contribution in [0.2, 0.25) is 0 Å². The van der Waals surface area contributed by atoms with Gasteiger partial charge in [0.05, 0.1) is 16.7 Å². The Kier molecular flexibility index (Phi) is 3.46. The lowest BCUT2D eigenvalue weighted by Gasteiger charge is -2.12. The van der Waals surface area contributed by atoms with Gasteiger partial charge in [0.25, 0.3) is 0 Å². The molecule has 2 aromatic carbocycles. The molecule has 2 aromatic heterocycles. The summed E-state index contributed by atoms with van der Waals surface area (Å²) >= 11 is 0. The average Bonchev–Trinajstić information content (AvgIpc) is 3.21. The van der Waals surface area contributed by atoms with Crippen LogP contribution in [0.4, 0.5) is 4.39 Å². The fourth-order valence-electron chi connectivity index (χ4n) is 2.73. The van der Waals surface area contributed by atoms with E-state index in [0.717, 1.165) is 22.3 Å². The highest BCUT2D eigenvalue weighted by Crippen LogP contribution is 2.29. The molecule has 0 spiro atoms. The zero-order chi connectivity index (χ0) is 17.6. The molecule has 1 N–H and O–H groups in total. The van der Waals surface area contributed by atoms with E-state index in [-0.39, 0.29) is 11.2 Å². The second-order valence-electron chi connectivity index (χ2n) is 7.12. The zero-order valence-corrected chi connectivity index (χ0v) is 14.3. The molecule has 126 valence electrons. The smallest absolute Gasteiger partial charge is 0.202 e. The Hall–Kier alpha value is -2.95. The molecule has 0 bridgehead atoms. The van der Waals surface area contributed by atoms with Gasteiger partial charge in [0.15, 0.2) is 5.82 Å². The summed E-state index contributed by atoms with van der Waals surface area (Å²) in [6, 6.07) is 14.3. The maximum atomic E-state index is 14.0. The Balaban J connectivity index is 1.76. The molecule has 0 aliphatic carbocycles. The highest BCUT2D eigenvalue weighted by atomic mass is 19.1. The van der Waals surface area contributed by atoms with Crippen molar-refractivity contribution in [2.45, 2.75) is 26.2 Å². The summed E-state index contributed by atoms with van der Waals surface area (Å²) in [5.41, 5.74) is 3.76. The van der Waals surface area contributed by atoms with Crippen LogP contribution in [0.25, 0.3) is 33.7 Å². The molecule has 5 heteroatoms. The largest absolute Gasteiger partial charge is 0.353 e. The van der Waals surface area contributed by atoms with E-state index in [4.69, 9.17) is 4.52 Å². The van der Waals surface area contributed by atoms with Crippen LogP contribution in [-0.4, -0.2) is 15.1 Å². The molecule has 0 saturated heterocycles. The third kappa shape index (κ3) is 2.82. The van der Waals surface area contributed by atoms with Crippen molar-refractivity contribution in [1.29, 1.82) is 0 Å². The monoisotopic (exact) mass is 335 g/mol. The fraction of sp³-hybridized carbons (Fsp3) is 0.200. The van der Waals surface area contributed by atoms with Crippen molar-refractivity contribution in [3.63, 3.8) is 0 Å². The fourth-order valence-corrected chi connectivity index (χ4v) is 2.73. The number of H-pyrrole nitrogens is 1. The number of nitrogens with one attached hydrogen (secondary N) is 1. The molecule has 0 fully saturated rings. The molecule has 0 unspecified atom stereocenters. The standard InChI is InChI=1S/C20H18FN3O/c1-20(2,3)18-11-17(25-24-18)19-22-15-9-8-12(10-16(15)23-19)13-6-4-5-7-14(13)21/h4-11H,1-3H3,(H,22,23). The minimum atomic E-state index is -0.244. The van der Waals surface area contributed by atoms with Gasteiger partial charge in [-0.05, 0) is 23.8 Å². The molecule has 2 heterocycles. The molecule has 4 aromatic rings. The van der Waals surface area contributed by atoms with Gasteiger partial charge >= 0.3 is 0 Å². The van der Waals surface area contributed by atoms with E-state index in [1.165, 1.54) is 6.07 Å². The number of benzene rings is 2. The Morgan fingerprint density at radius 2 is 1.84 bits per heavy atom. The maximum absolute atomic E-state index is 14.0. The van der Waals surface area contributed by atoms with Crippen LogP contribution in [0.15, 0.2) is 53.1 Å². The van der Waals surface area contributed by atoms with Crippen molar-refractivity contribution in [2.24, 2.45) is 0 Å². The minimum absolute atomic E-state index is 0.0915. The molecule has 0 radical (unpaired) electrons. The van der Waals surface area contributed by atoms with Crippen molar-refractivity contribution in [1.82, 2.24) is 15.1 Å². The van der Waals surface area contributed by atoms with E-state index in [9.17, 15) is 4.39 Å². The SMILES string of the molecule is CC(C)(C)c1cc(-c2nc3ccc(-c4ccccc4F)cc3[nH]2)on1. The van der Waals surface area contributed by atoms with E-state index >= 15 is 0 Å². The lowest BCUT2D eigenvalue weighted by molar-refractivity contribution is 0.401. The second kappa shape index (κ2) is 5.55. The van der Waals surface area contributed by atoms with Crippen molar-refractivity contribution < 1.29 is 8.91 Å². The third-order valence-corrected chi connectivity index (χ3v) is 4.18. The van der Waals surface area contributed by atoms with E-state index < -0.39 is 0 Å². The van der Waals surface area contributed by atoms with Gasteiger partial charge in [-0.2, -0.15) is 0 Å². The first-order valence-corrected chi connectivity index (χ1v) is 8.14. The summed E-state index contributed by atoms with van der Waals surface area (Å²) in [5, 5.41) is 4.13. The number of hydrogen-bond donors (Lipinski definition) is 1. The van der Waals surface area contributed by atoms with Gasteiger partial charge in [-0.25, -0.2) is 9.37 Å². The van der Waals surface area contributed by atoms with Crippen LogP contribution in [0.1, 0.15) is 26.5 Å². The van der Waals surface area contributed by atoms with Crippen molar-refractivity contribution in [3.05, 3.63) is 60.0 Å². The predicted octanol–water partition coefficient (Wildman–Crippen LogP) is 5.32. The molecule has 25 heavy (non-hydrogen) atoms. The third-order valence-electron chi connectivity index (χ3n) is 4.18. The maximum Gasteiger partial charge on any atom is 0.202 e. The predicted molar refractivity (Wildman–Crippen MR) is 95.7 cm³/mol. The number of halogens is 1. The average molecular weight is 335 g/mol. The van der Waals surface area contributed by atoms with E-state index in [1.54, 1.807) is 12.1 Å². The summed E-state index contributed by atoms with van der Waals surface area (Å²) in [6.45, 7) is 6.23. The Labute approximate surface area is 144 Å². The number of rotatable bonds is 2. The number of imidazole rings is 1. The summed E-state index contributed by atoms with van der Waals surface area (Å²) in [6.07, 6.45) is 0. The van der Waals surface area contributed by atoms with E-state index in [0.29, 0.717) is 17.1 Å². The highest BCUT2D eigenvalue weighted by Gasteiger charge is 2.20. The van der Waals surface area contributed by atoms with Crippen LogP contribution >= 0.6 is 0 Å². The summed E-state index contributed by atoms with van der Waals surface area (Å²) in [7, 11) is 0. The number of hydrogen-bond acceptors (Lipinski definition) is 3. The van der Waals surface area contributed by atoms with Gasteiger partial charge in [0.1, 0.15) is 5.82 Å². The van der Waals surface area contributed by atoms with Gasteiger partial charge in [0.2, 0.25) is 5.76 Å². The normalized spacial score (nSPS) is 12.0. The van der Waals surface area contributed by atoms with Crippen LogP contribution in [0, 0.1) is 5.82 Å². The van der Waals surface area contributed by atoms with Crippen molar-refractivity contribution in [3.8, 4) is 22.7 Å². The van der Waals surface area contributed by atoms with Crippen molar-refractivity contribution in [2.75, 3.05) is 0 Å². The summed E-state index contributed by atoms with van der Waals surface area (Å²) in [4.78, 5) is 7.79. The van der Waals surface area contributed by atoms with Crippen LogP contribution in [0.5, 0.6) is 0 Å². The molecular formula is C20H18FN3O. The van der Waals surface area contributed by atoms with Gasteiger partial charge < -0.3 is 9.51 Å². The van der Waals surface area contributed by atoms with Crippen LogP contribution < -0.4 is 0 Å². The van der Waals surface area contributed by atoms with Gasteiger partial charge in [-0.15, -0.1) is 0 Å². The molecule has 0 aliphatic rings. The molecule has 4 rings (SSSR count). The van der Waals surface area contributed by atoms with Crippen LogP contribution in [-0.2, 0) is 5.41 Å². The molecule has 0 atom stereocenters. The van der Waals surface area contributed by atoms with Crippen molar-refractivity contribution >= 4 is 11.0 Å². The first kappa shape index (κ1) is 15.6. The molecule has 4 nitrogen and oxygen atoms in total. The van der Waals surface area contributed by atoms with E-state index in [2.05, 4.69) is 35.9 Å². The molecule has 0 amide bonds. The molecule has 0 saturated carbocycles. The highest BCUT2D eigenvalue weighted by molar-refractivity contribution is 5.84. The lowest BCUT2D eigenvalue weighted by Crippen LogP contribution is -2.10. The second-order valence-corrected chi connectivity index (χ2v) is 7.12. The first-order chi connectivity index (χ1) is 11.9. The summed E-state index contributed by atoms with van der Waals surface area (Å²) in [5.74, 6) is 0.962. The van der Waals surface area contributed by atoms with Gasteiger partial charge in [-0.1, -0.05) is 50.2 Å². The van der Waals surface area contributed by atoms with Crippen LogP contribution in [0.3, 0.4) is 0 Å². The topological polar surface area (TPSA) is 54.7 Å². The molecular weight excluding hydrogens is 317 g/mol. The first-order valence-electron chi connectivity index (χ1n) is 8.14. The number of fused-ring (bicyclic) bond motifs is 1. The number of aromatic amines is 1. The Bertz CT molecular complexity index is 1060. The quantitative estimate of drug-likeness (QED) is 0.539. The van der Waals surface area contributed by atoms with E-state index in [1.807, 2.05) is 30.3 Å². The van der Waals surface area contributed by atoms with Gasteiger partial charge in [0, 0.05) is 17.0 Å². The zero-order valence-electron chi connectivity index (χ0n) is 14.3. The minimum Gasteiger partial charge on any atom is -0.353 e. The number of nitrogens with zero attached hydrogens (tertiary/aromatic N) is 2. The molecule has 0 aliphatic heterocycles. The Morgan fingerprint density at radius 1 is 1.04 bits per heavy atom.